The summed E-state index contributed by atoms with van der Waals surface area (Å²) in [5.41, 5.74) is 2.22. The van der Waals surface area contributed by atoms with Crippen molar-refractivity contribution in [2.45, 2.75) is 20.4 Å². The first-order valence-electron chi connectivity index (χ1n) is 5.34. The number of carbonyl (C=O) groups is 1. The van der Waals surface area contributed by atoms with Gasteiger partial charge in [-0.15, -0.1) is 11.3 Å². The fourth-order valence-electron chi connectivity index (χ4n) is 2.03. The fraction of sp³-hybridized carbons (Fsp3) is 0.364. The molecule has 0 unspecified atom stereocenters. The highest BCUT2D eigenvalue weighted by atomic mass is 32.1. The highest BCUT2D eigenvalue weighted by Crippen LogP contribution is 2.42. The Morgan fingerprint density at radius 3 is 2.94 bits per heavy atom. The first-order valence-corrected chi connectivity index (χ1v) is 6.16. The van der Waals surface area contributed by atoms with Crippen LogP contribution in [0.15, 0.2) is 6.33 Å². The molecule has 0 aromatic carbocycles. The molecule has 1 aliphatic heterocycles. The Bertz CT molecular complexity index is 613. The van der Waals surface area contributed by atoms with Crippen LogP contribution < -0.4 is 4.90 Å². The van der Waals surface area contributed by atoms with Crippen LogP contribution >= 0.6 is 11.3 Å². The highest BCUT2D eigenvalue weighted by molar-refractivity contribution is 7.17. The van der Waals surface area contributed by atoms with E-state index in [1.807, 2.05) is 7.05 Å². The zero-order valence-corrected chi connectivity index (χ0v) is 10.7. The van der Waals surface area contributed by atoms with Crippen molar-refractivity contribution in [3.05, 3.63) is 16.8 Å². The maximum atomic E-state index is 12.0. The van der Waals surface area contributed by atoms with E-state index in [9.17, 15) is 4.79 Å². The van der Waals surface area contributed by atoms with Crippen LogP contribution in [-0.2, 0) is 11.3 Å². The zero-order chi connectivity index (χ0) is 12.2. The molecule has 2 aromatic heterocycles. The molecular weight excluding hydrogens is 236 g/mol. The second-order valence-corrected chi connectivity index (χ2v) is 5.36. The van der Waals surface area contributed by atoms with Gasteiger partial charge in [0.05, 0.1) is 5.56 Å². The van der Waals surface area contributed by atoms with Gasteiger partial charge in [-0.25, -0.2) is 9.67 Å². The molecule has 3 heterocycles. The average Bonchev–Trinajstić information content (AvgIpc) is 2.82. The molecule has 0 aliphatic carbocycles. The predicted molar refractivity (Wildman–Crippen MR) is 66.2 cm³/mol. The van der Waals surface area contributed by atoms with Crippen molar-refractivity contribution >= 4 is 22.2 Å². The number of aromatic nitrogens is 3. The van der Waals surface area contributed by atoms with E-state index in [1.54, 1.807) is 20.9 Å². The number of hydrogen-bond donors (Lipinski definition) is 0. The van der Waals surface area contributed by atoms with E-state index in [0.717, 1.165) is 16.4 Å². The fourth-order valence-corrected chi connectivity index (χ4v) is 3.16. The van der Waals surface area contributed by atoms with Crippen LogP contribution in [0.3, 0.4) is 0 Å². The lowest BCUT2D eigenvalue weighted by Crippen LogP contribution is -2.28. The minimum Gasteiger partial charge on any atom is -0.305 e. The Morgan fingerprint density at radius 2 is 2.18 bits per heavy atom. The van der Waals surface area contributed by atoms with Crippen LogP contribution in [0.25, 0.3) is 11.4 Å². The first kappa shape index (κ1) is 10.5. The zero-order valence-electron chi connectivity index (χ0n) is 9.89. The molecule has 0 spiro atoms. The van der Waals surface area contributed by atoms with Crippen LogP contribution in [0, 0.1) is 13.8 Å². The number of nitrogens with zero attached hydrogens (tertiary/aromatic N) is 4. The van der Waals surface area contributed by atoms with Crippen LogP contribution in [0.1, 0.15) is 10.4 Å². The first-order chi connectivity index (χ1) is 8.09. The summed E-state index contributed by atoms with van der Waals surface area (Å²) in [6.07, 6.45) is 1.50. The Balaban J connectivity index is 2.36. The summed E-state index contributed by atoms with van der Waals surface area (Å²) >= 11 is 1.63. The molecule has 0 bridgehead atoms. The number of fused-ring (bicyclic) bond motifs is 3. The molecule has 0 atom stereocenters. The summed E-state index contributed by atoms with van der Waals surface area (Å²) < 4.78 is 1.67. The third kappa shape index (κ3) is 1.33. The Labute approximate surface area is 103 Å². The minimum absolute atomic E-state index is 0.0387. The molecule has 1 aliphatic rings. The summed E-state index contributed by atoms with van der Waals surface area (Å²) in [5, 5.41) is 5.08. The number of amides is 1. The molecule has 2 aromatic rings. The molecule has 6 heteroatoms. The normalized spacial score (nSPS) is 14.5. The molecule has 0 saturated carbocycles. The van der Waals surface area contributed by atoms with E-state index in [-0.39, 0.29) is 12.5 Å². The predicted octanol–water partition coefficient (Wildman–Crippen LogP) is 1.60. The van der Waals surface area contributed by atoms with E-state index in [2.05, 4.69) is 23.9 Å². The summed E-state index contributed by atoms with van der Waals surface area (Å²) in [4.78, 5) is 19.2. The van der Waals surface area contributed by atoms with Gasteiger partial charge < -0.3 is 4.90 Å². The molecule has 17 heavy (non-hydrogen) atoms. The molecule has 3 rings (SSSR count). The molecule has 0 saturated heterocycles. The number of hydrogen-bond acceptors (Lipinski definition) is 4. The van der Waals surface area contributed by atoms with E-state index in [4.69, 9.17) is 0 Å². The van der Waals surface area contributed by atoms with Crippen molar-refractivity contribution in [2.24, 2.45) is 0 Å². The average molecular weight is 248 g/mol. The van der Waals surface area contributed by atoms with Gasteiger partial charge in [0.15, 0.2) is 5.82 Å². The van der Waals surface area contributed by atoms with Crippen molar-refractivity contribution in [1.29, 1.82) is 0 Å². The van der Waals surface area contributed by atoms with Crippen LogP contribution in [-0.4, -0.2) is 27.7 Å². The Kier molecular flexibility index (Phi) is 2.09. The maximum absolute atomic E-state index is 12.0. The van der Waals surface area contributed by atoms with Crippen LogP contribution in [0.5, 0.6) is 0 Å². The van der Waals surface area contributed by atoms with Crippen LogP contribution in [0.2, 0.25) is 0 Å². The van der Waals surface area contributed by atoms with Crippen molar-refractivity contribution < 1.29 is 4.79 Å². The van der Waals surface area contributed by atoms with Crippen molar-refractivity contribution in [1.82, 2.24) is 14.8 Å². The molecule has 5 nitrogen and oxygen atoms in total. The van der Waals surface area contributed by atoms with Crippen LogP contribution in [0.4, 0.5) is 5.00 Å². The number of rotatable bonds is 0. The molecular formula is C11H12N4OS. The highest BCUT2D eigenvalue weighted by Gasteiger charge is 2.28. The molecule has 1 amide bonds. The minimum atomic E-state index is 0.0387. The van der Waals surface area contributed by atoms with Gasteiger partial charge in [-0.1, -0.05) is 0 Å². The van der Waals surface area contributed by atoms with E-state index in [0.29, 0.717) is 0 Å². The lowest BCUT2D eigenvalue weighted by Gasteiger charge is -2.12. The van der Waals surface area contributed by atoms with Gasteiger partial charge in [-0.3, -0.25) is 4.79 Å². The summed E-state index contributed by atoms with van der Waals surface area (Å²) in [6, 6.07) is 0. The van der Waals surface area contributed by atoms with E-state index in [1.165, 1.54) is 16.8 Å². The van der Waals surface area contributed by atoms with E-state index >= 15 is 0 Å². The molecule has 88 valence electrons. The van der Waals surface area contributed by atoms with E-state index < -0.39 is 0 Å². The lowest BCUT2D eigenvalue weighted by atomic mass is 10.1. The lowest BCUT2D eigenvalue weighted by molar-refractivity contribution is -0.118. The van der Waals surface area contributed by atoms with Crippen molar-refractivity contribution in [3.63, 3.8) is 0 Å². The quantitative estimate of drug-likeness (QED) is 0.711. The third-order valence-electron chi connectivity index (χ3n) is 3.17. The second kappa shape index (κ2) is 3.40. The number of likely N-dealkylation sites (N-methyl/N-ethyl adjacent to an activating group) is 1. The van der Waals surface area contributed by atoms with Gasteiger partial charge >= 0.3 is 0 Å². The van der Waals surface area contributed by atoms with Gasteiger partial charge in [0.2, 0.25) is 5.91 Å². The van der Waals surface area contributed by atoms with Gasteiger partial charge in [0.25, 0.3) is 0 Å². The Morgan fingerprint density at radius 1 is 1.41 bits per heavy atom. The molecule has 0 radical (unpaired) electrons. The monoisotopic (exact) mass is 248 g/mol. The number of carbonyl (C=O) groups excluding carboxylic acids is 1. The Hall–Kier alpha value is -1.69. The smallest absolute Gasteiger partial charge is 0.249 e. The van der Waals surface area contributed by atoms with Crippen molar-refractivity contribution in [3.8, 4) is 11.4 Å². The summed E-state index contributed by atoms with van der Waals surface area (Å²) in [5.74, 6) is 0.830. The van der Waals surface area contributed by atoms with Gasteiger partial charge in [0.1, 0.15) is 17.9 Å². The van der Waals surface area contributed by atoms with Gasteiger partial charge in [-0.05, 0) is 19.4 Å². The molecule has 0 fully saturated rings. The number of anilines is 1. The second-order valence-electron chi connectivity index (χ2n) is 4.16. The number of aryl methyl sites for hydroxylation is 1. The largest absolute Gasteiger partial charge is 0.305 e. The maximum Gasteiger partial charge on any atom is 0.249 e. The topological polar surface area (TPSA) is 51.0 Å². The number of thiophene rings is 1. The van der Waals surface area contributed by atoms with Crippen molar-refractivity contribution in [2.75, 3.05) is 11.9 Å². The third-order valence-corrected chi connectivity index (χ3v) is 4.45. The summed E-state index contributed by atoms with van der Waals surface area (Å²) in [6.45, 7) is 4.38. The van der Waals surface area contributed by atoms with Gasteiger partial charge in [-0.2, -0.15) is 5.10 Å². The standard InChI is InChI=1S/C11H12N4OS/c1-6-7(2)17-11-9(6)10-12-5-13-15(10)4-8(16)14(11)3/h5H,4H2,1-3H3. The SMILES string of the molecule is Cc1sc2c(c1C)-c1ncnn1CC(=O)N2C. The summed E-state index contributed by atoms with van der Waals surface area (Å²) in [7, 11) is 1.81. The van der Waals surface area contributed by atoms with Gasteiger partial charge in [0, 0.05) is 11.9 Å². The molecule has 0 N–H and O–H groups in total.